The number of aromatic nitrogens is 1. The molecule has 1 unspecified atom stereocenters. The molecule has 1 atom stereocenters. The van der Waals surface area contributed by atoms with Gasteiger partial charge in [0.1, 0.15) is 11.6 Å². The maximum absolute atomic E-state index is 12.8. The molecule has 0 bridgehead atoms. The largest absolute Gasteiger partial charge is 0.416 e. The first kappa shape index (κ1) is 16.4. The van der Waals surface area contributed by atoms with Crippen molar-refractivity contribution < 1.29 is 22.6 Å². The van der Waals surface area contributed by atoms with Gasteiger partial charge in [-0.2, -0.15) is 13.2 Å². The van der Waals surface area contributed by atoms with Gasteiger partial charge in [-0.3, -0.25) is 0 Å². The molecule has 23 heavy (non-hydrogen) atoms. The minimum Gasteiger partial charge on any atom is -0.353 e. The predicted octanol–water partition coefficient (Wildman–Crippen LogP) is 4.87. The van der Waals surface area contributed by atoms with Gasteiger partial charge in [-0.25, -0.2) is 4.98 Å². The maximum Gasteiger partial charge on any atom is 0.416 e. The summed E-state index contributed by atoms with van der Waals surface area (Å²) in [4.78, 5) is 4.36. The number of benzene rings is 1. The number of halogens is 3. The van der Waals surface area contributed by atoms with Crippen LogP contribution in [0.1, 0.15) is 29.8 Å². The number of hydrogen-bond acceptors (Lipinski definition) is 4. The summed E-state index contributed by atoms with van der Waals surface area (Å²) in [5.41, 5.74) is 0.317. The lowest BCUT2D eigenvalue weighted by Gasteiger charge is -2.22. The molecule has 1 saturated heterocycles. The van der Waals surface area contributed by atoms with Crippen LogP contribution in [0.4, 0.5) is 13.2 Å². The zero-order valence-electron chi connectivity index (χ0n) is 12.3. The summed E-state index contributed by atoms with van der Waals surface area (Å²) in [7, 11) is 0. The molecule has 1 aromatic heterocycles. The Labute approximate surface area is 136 Å². The van der Waals surface area contributed by atoms with Gasteiger partial charge in [-0.15, -0.1) is 11.3 Å². The molecule has 0 N–H and O–H groups in total. The van der Waals surface area contributed by atoms with Crippen molar-refractivity contribution in [3.05, 3.63) is 40.2 Å². The average Bonchev–Trinajstić information content (AvgIpc) is 3.02. The minimum atomic E-state index is -4.35. The Morgan fingerprint density at radius 1 is 1.30 bits per heavy atom. The van der Waals surface area contributed by atoms with Crippen LogP contribution in [-0.4, -0.2) is 17.9 Å². The van der Waals surface area contributed by atoms with E-state index in [1.54, 1.807) is 11.4 Å². The second-order valence-corrected chi connectivity index (χ2v) is 6.25. The molecular formula is C16H16F3NO2S. The van der Waals surface area contributed by atoms with Crippen LogP contribution in [0.3, 0.4) is 0 Å². The van der Waals surface area contributed by atoms with E-state index in [9.17, 15) is 13.2 Å². The third kappa shape index (κ3) is 4.31. The van der Waals surface area contributed by atoms with Gasteiger partial charge in [0.2, 0.25) is 0 Å². The van der Waals surface area contributed by atoms with E-state index in [0.29, 0.717) is 24.5 Å². The fourth-order valence-corrected chi connectivity index (χ4v) is 3.10. The molecule has 3 nitrogen and oxygen atoms in total. The molecule has 2 aromatic rings. The van der Waals surface area contributed by atoms with Crippen LogP contribution in [0.25, 0.3) is 11.3 Å². The van der Waals surface area contributed by atoms with Crippen molar-refractivity contribution >= 4 is 11.3 Å². The van der Waals surface area contributed by atoms with Crippen LogP contribution >= 0.6 is 11.3 Å². The molecule has 0 amide bonds. The Morgan fingerprint density at radius 3 is 2.91 bits per heavy atom. The summed E-state index contributed by atoms with van der Waals surface area (Å²) in [5, 5.41) is 2.47. The van der Waals surface area contributed by atoms with E-state index >= 15 is 0 Å². The van der Waals surface area contributed by atoms with Crippen LogP contribution in [-0.2, 0) is 22.3 Å². The molecule has 1 aromatic carbocycles. The second-order valence-electron chi connectivity index (χ2n) is 5.31. The summed E-state index contributed by atoms with van der Waals surface area (Å²) in [6, 6.07) is 5.19. The molecule has 1 aliphatic heterocycles. The molecule has 1 aliphatic rings. The SMILES string of the molecule is FC(F)(F)c1cccc(-c2csc(COC3CCCCO3)n2)c1. The lowest BCUT2D eigenvalue weighted by molar-refractivity contribution is -0.168. The molecular weight excluding hydrogens is 327 g/mol. The van der Waals surface area contributed by atoms with Crippen LogP contribution in [0.5, 0.6) is 0 Å². The number of thiazole rings is 1. The van der Waals surface area contributed by atoms with Gasteiger partial charge in [-0.05, 0) is 31.4 Å². The van der Waals surface area contributed by atoms with Crippen LogP contribution in [0.2, 0.25) is 0 Å². The van der Waals surface area contributed by atoms with E-state index in [2.05, 4.69) is 4.98 Å². The zero-order chi connectivity index (χ0) is 16.3. The number of nitrogens with zero attached hydrogens (tertiary/aromatic N) is 1. The third-order valence-electron chi connectivity index (χ3n) is 3.57. The predicted molar refractivity (Wildman–Crippen MR) is 80.9 cm³/mol. The van der Waals surface area contributed by atoms with Crippen molar-refractivity contribution in [3.8, 4) is 11.3 Å². The van der Waals surface area contributed by atoms with Gasteiger partial charge < -0.3 is 9.47 Å². The molecule has 0 aliphatic carbocycles. The summed E-state index contributed by atoms with van der Waals surface area (Å²) in [6.45, 7) is 1.02. The lowest BCUT2D eigenvalue weighted by Crippen LogP contribution is -2.21. The normalized spacial score (nSPS) is 19.0. The van der Waals surface area contributed by atoms with E-state index in [1.807, 2.05) is 0 Å². The highest BCUT2D eigenvalue weighted by Gasteiger charge is 2.30. The highest BCUT2D eigenvalue weighted by molar-refractivity contribution is 7.09. The lowest BCUT2D eigenvalue weighted by atomic mass is 10.1. The molecule has 124 valence electrons. The Morgan fingerprint density at radius 2 is 2.17 bits per heavy atom. The Balaban J connectivity index is 1.67. The highest BCUT2D eigenvalue weighted by atomic mass is 32.1. The Bertz CT molecular complexity index is 651. The topological polar surface area (TPSA) is 31.4 Å². The first-order valence-corrected chi connectivity index (χ1v) is 8.25. The summed E-state index contributed by atoms with van der Waals surface area (Å²) < 4.78 is 49.4. The first-order chi connectivity index (χ1) is 11.0. The van der Waals surface area contributed by atoms with Crippen molar-refractivity contribution in [1.29, 1.82) is 0 Å². The second kappa shape index (κ2) is 6.98. The fourth-order valence-electron chi connectivity index (χ4n) is 2.37. The molecule has 1 fully saturated rings. The molecule has 2 heterocycles. The van der Waals surface area contributed by atoms with Gasteiger partial charge in [0.25, 0.3) is 0 Å². The highest BCUT2D eigenvalue weighted by Crippen LogP contribution is 2.32. The van der Waals surface area contributed by atoms with Crippen LogP contribution < -0.4 is 0 Å². The van der Waals surface area contributed by atoms with Gasteiger partial charge in [-0.1, -0.05) is 12.1 Å². The fraction of sp³-hybridized carbons (Fsp3) is 0.438. The Kier molecular flexibility index (Phi) is 4.99. The van der Waals surface area contributed by atoms with Crippen molar-refractivity contribution in [2.24, 2.45) is 0 Å². The molecule has 0 radical (unpaired) electrons. The smallest absolute Gasteiger partial charge is 0.353 e. The number of ether oxygens (including phenoxy) is 2. The third-order valence-corrected chi connectivity index (χ3v) is 4.39. The van der Waals surface area contributed by atoms with Gasteiger partial charge in [0.15, 0.2) is 6.29 Å². The zero-order valence-corrected chi connectivity index (χ0v) is 13.1. The molecule has 0 saturated carbocycles. The van der Waals surface area contributed by atoms with E-state index < -0.39 is 11.7 Å². The van der Waals surface area contributed by atoms with Crippen molar-refractivity contribution in [2.75, 3.05) is 6.61 Å². The molecule has 3 rings (SSSR count). The summed E-state index contributed by atoms with van der Waals surface area (Å²) in [6.07, 6.45) is -1.55. The quantitative estimate of drug-likeness (QED) is 0.793. The van der Waals surface area contributed by atoms with Crippen molar-refractivity contribution in [3.63, 3.8) is 0 Å². The van der Waals surface area contributed by atoms with Crippen molar-refractivity contribution in [1.82, 2.24) is 4.98 Å². The molecule has 7 heteroatoms. The van der Waals surface area contributed by atoms with Crippen LogP contribution in [0.15, 0.2) is 29.6 Å². The number of hydrogen-bond donors (Lipinski definition) is 0. The Hall–Kier alpha value is -1.44. The van der Waals surface area contributed by atoms with E-state index in [-0.39, 0.29) is 6.29 Å². The standard InChI is InChI=1S/C16H16F3NO2S/c17-16(18,19)12-5-3-4-11(8-12)13-10-23-14(20-13)9-22-15-6-1-2-7-21-15/h3-5,8,10,15H,1-2,6-7,9H2. The minimum absolute atomic E-state index is 0.204. The van der Waals surface area contributed by atoms with E-state index in [0.717, 1.165) is 36.4 Å². The van der Waals surface area contributed by atoms with E-state index in [1.165, 1.54) is 17.4 Å². The number of rotatable bonds is 4. The number of alkyl halides is 3. The van der Waals surface area contributed by atoms with Gasteiger partial charge >= 0.3 is 6.18 Å². The van der Waals surface area contributed by atoms with E-state index in [4.69, 9.17) is 9.47 Å². The monoisotopic (exact) mass is 343 g/mol. The van der Waals surface area contributed by atoms with Gasteiger partial charge in [0.05, 0.1) is 11.3 Å². The average molecular weight is 343 g/mol. The maximum atomic E-state index is 12.8. The van der Waals surface area contributed by atoms with Crippen molar-refractivity contribution in [2.45, 2.75) is 38.3 Å². The van der Waals surface area contributed by atoms with Gasteiger partial charge in [0, 0.05) is 17.6 Å². The van der Waals surface area contributed by atoms with Crippen LogP contribution in [0, 0.1) is 0 Å². The summed E-state index contributed by atoms with van der Waals surface area (Å²) >= 11 is 1.37. The molecule has 0 spiro atoms. The first-order valence-electron chi connectivity index (χ1n) is 7.37. The summed E-state index contributed by atoms with van der Waals surface area (Å²) in [5.74, 6) is 0.